The van der Waals surface area contributed by atoms with Crippen molar-refractivity contribution in [1.82, 2.24) is 4.98 Å². The van der Waals surface area contributed by atoms with Crippen molar-refractivity contribution >= 4 is 34.0 Å². The Morgan fingerprint density at radius 3 is 2.57 bits per heavy atom. The van der Waals surface area contributed by atoms with E-state index in [2.05, 4.69) is 10.3 Å². The predicted octanol–water partition coefficient (Wildman–Crippen LogP) is 4.89. The van der Waals surface area contributed by atoms with Gasteiger partial charge >= 0.3 is 0 Å². The molecule has 0 unspecified atom stereocenters. The number of hydrogen-bond donors (Lipinski definition) is 1. The Bertz CT molecular complexity index is 961. The first-order valence-corrected chi connectivity index (χ1v) is 9.80. The number of nitrogens with one attached hydrogen (secondary N) is 1. The quantitative estimate of drug-likeness (QED) is 0.564. The van der Waals surface area contributed by atoms with E-state index in [1.807, 2.05) is 30.5 Å². The highest BCUT2D eigenvalue weighted by atomic mass is 35.5. The van der Waals surface area contributed by atoms with Crippen molar-refractivity contribution in [2.45, 2.75) is 6.92 Å². The van der Waals surface area contributed by atoms with Crippen LogP contribution in [0.4, 0.5) is 5.13 Å². The van der Waals surface area contributed by atoms with Crippen LogP contribution in [0.1, 0.15) is 6.92 Å². The number of hydrogen-bond acceptors (Lipinski definition) is 6. The average molecular weight is 419 g/mol. The van der Waals surface area contributed by atoms with Crippen LogP contribution in [0, 0.1) is 0 Å². The van der Waals surface area contributed by atoms with Gasteiger partial charge in [-0.15, -0.1) is 11.3 Å². The van der Waals surface area contributed by atoms with Crippen LogP contribution in [-0.2, 0) is 4.79 Å². The Labute approximate surface area is 172 Å². The summed E-state index contributed by atoms with van der Waals surface area (Å²) in [5, 5.41) is 5.56. The maximum Gasteiger partial charge on any atom is 0.264 e. The zero-order chi connectivity index (χ0) is 19.9. The molecule has 1 heterocycles. The lowest BCUT2D eigenvalue weighted by molar-refractivity contribution is -0.118. The molecule has 1 aromatic heterocycles. The van der Waals surface area contributed by atoms with Gasteiger partial charge in [-0.1, -0.05) is 23.7 Å². The Kier molecular flexibility index (Phi) is 6.73. The van der Waals surface area contributed by atoms with E-state index in [0.717, 1.165) is 5.56 Å². The number of carbonyl (C=O) groups excluding carboxylic acids is 1. The van der Waals surface area contributed by atoms with Gasteiger partial charge < -0.3 is 14.2 Å². The van der Waals surface area contributed by atoms with Gasteiger partial charge in [-0.25, -0.2) is 4.98 Å². The molecule has 8 heteroatoms. The maximum atomic E-state index is 12.2. The molecule has 0 spiro atoms. The second-order valence-electron chi connectivity index (χ2n) is 5.60. The van der Waals surface area contributed by atoms with Crippen molar-refractivity contribution < 1.29 is 19.0 Å². The van der Waals surface area contributed by atoms with Crippen molar-refractivity contribution in [2.75, 3.05) is 25.6 Å². The van der Waals surface area contributed by atoms with Crippen LogP contribution in [0.3, 0.4) is 0 Å². The summed E-state index contributed by atoms with van der Waals surface area (Å²) < 4.78 is 16.2. The molecule has 0 aliphatic rings. The summed E-state index contributed by atoms with van der Waals surface area (Å²) in [6, 6.07) is 12.6. The second kappa shape index (κ2) is 9.43. The van der Waals surface area contributed by atoms with E-state index in [-0.39, 0.29) is 12.5 Å². The molecule has 0 aliphatic heterocycles. The molecule has 0 fully saturated rings. The van der Waals surface area contributed by atoms with E-state index in [1.54, 1.807) is 31.4 Å². The zero-order valence-corrected chi connectivity index (χ0v) is 17.0. The van der Waals surface area contributed by atoms with E-state index in [9.17, 15) is 4.79 Å². The fourth-order valence-corrected chi connectivity index (χ4v) is 3.43. The highest BCUT2D eigenvalue weighted by Crippen LogP contribution is 2.32. The molecule has 0 radical (unpaired) electrons. The number of benzene rings is 2. The van der Waals surface area contributed by atoms with Gasteiger partial charge in [-0.2, -0.15) is 0 Å². The molecule has 0 aliphatic carbocycles. The van der Waals surface area contributed by atoms with Crippen molar-refractivity contribution in [3.8, 4) is 28.5 Å². The van der Waals surface area contributed by atoms with E-state index in [4.69, 9.17) is 25.8 Å². The van der Waals surface area contributed by atoms with Gasteiger partial charge in [0.25, 0.3) is 5.91 Å². The minimum Gasteiger partial charge on any atom is -0.495 e. The van der Waals surface area contributed by atoms with Crippen LogP contribution in [-0.4, -0.2) is 31.2 Å². The minimum atomic E-state index is -0.306. The molecule has 2 aromatic carbocycles. The van der Waals surface area contributed by atoms with Crippen LogP contribution in [0.15, 0.2) is 47.8 Å². The second-order valence-corrected chi connectivity index (χ2v) is 6.87. The number of anilines is 1. The monoisotopic (exact) mass is 418 g/mol. The molecule has 1 amide bonds. The van der Waals surface area contributed by atoms with E-state index in [0.29, 0.717) is 39.7 Å². The normalized spacial score (nSPS) is 10.4. The Morgan fingerprint density at radius 2 is 1.89 bits per heavy atom. The molecular weight excluding hydrogens is 400 g/mol. The van der Waals surface area contributed by atoms with Crippen molar-refractivity contribution in [3.05, 3.63) is 52.9 Å². The number of para-hydroxylation sites is 2. The standard InChI is InChI=1S/C20H19ClN2O4S/c1-3-26-17-6-4-5-7-18(17)27-11-19(24)23-20-22-15(12-28-20)13-8-9-16(25-2)14(21)10-13/h4-10,12H,3,11H2,1-2H3,(H,22,23,24). The van der Waals surface area contributed by atoms with E-state index >= 15 is 0 Å². The first kappa shape index (κ1) is 20.0. The number of thiazole rings is 1. The third kappa shape index (κ3) is 4.94. The number of rotatable bonds is 8. The lowest BCUT2D eigenvalue weighted by atomic mass is 10.2. The van der Waals surface area contributed by atoms with Gasteiger partial charge in [-0.3, -0.25) is 10.1 Å². The summed E-state index contributed by atoms with van der Waals surface area (Å²) in [7, 11) is 1.56. The molecule has 0 saturated heterocycles. The van der Waals surface area contributed by atoms with Gasteiger partial charge in [-0.05, 0) is 37.3 Å². The number of aromatic nitrogens is 1. The molecular formula is C20H19ClN2O4S. The summed E-state index contributed by atoms with van der Waals surface area (Å²) in [4.78, 5) is 16.6. The van der Waals surface area contributed by atoms with Gasteiger partial charge in [0.2, 0.25) is 0 Å². The first-order chi connectivity index (χ1) is 13.6. The minimum absolute atomic E-state index is 0.145. The van der Waals surface area contributed by atoms with Gasteiger partial charge in [0.15, 0.2) is 23.2 Å². The lowest BCUT2D eigenvalue weighted by Gasteiger charge is -2.11. The number of amides is 1. The fourth-order valence-electron chi connectivity index (χ4n) is 2.43. The van der Waals surface area contributed by atoms with Crippen molar-refractivity contribution in [1.29, 1.82) is 0 Å². The summed E-state index contributed by atoms with van der Waals surface area (Å²) in [5.74, 6) is 1.41. The maximum absolute atomic E-state index is 12.2. The summed E-state index contributed by atoms with van der Waals surface area (Å²) >= 11 is 7.48. The van der Waals surface area contributed by atoms with Gasteiger partial charge in [0, 0.05) is 10.9 Å². The Balaban J connectivity index is 1.61. The Morgan fingerprint density at radius 1 is 1.14 bits per heavy atom. The largest absolute Gasteiger partial charge is 0.495 e. The van der Waals surface area contributed by atoms with Crippen LogP contribution in [0.25, 0.3) is 11.3 Å². The van der Waals surface area contributed by atoms with Gasteiger partial charge in [0.1, 0.15) is 5.75 Å². The number of methoxy groups -OCH3 is 1. The molecule has 3 aromatic rings. The average Bonchev–Trinajstić information content (AvgIpc) is 3.16. The number of nitrogens with zero attached hydrogens (tertiary/aromatic N) is 1. The Hall–Kier alpha value is -2.77. The highest BCUT2D eigenvalue weighted by molar-refractivity contribution is 7.14. The highest BCUT2D eigenvalue weighted by Gasteiger charge is 2.12. The number of halogens is 1. The van der Waals surface area contributed by atoms with Crippen LogP contribution >= 0.6 is 22.9 Å². The molecule has 28 heavy (non-hydrogen) atoms. The van der Waals surface area contributed by atoms with Crippen LogP contribution < -0.4 is 19.5 Å². The third-order valence-electron chi connectivity index (χ3n) is 3.71. The van der Waals surface area contributed by atoms with Crippen molar-refractivity contribution in [2.24, 2.45) is 0 Å². The number of ether oxygens (including phenoxy) is 3. The molecule has 1 N–H and O–H groups in total. The van der Waals surface area contributed by atoms with E-state index < -0.39 is 0 Å². The summed E-state index contributed by atoms with van der Waals surface area (Å²) in [6.45, 7) is 2.26. The summed E-state index contributed by atoms with van der Waals surface area (Å²) in [5.41, 5.74) is 1.55. The zero-order valence-electron chi connectivity index (χ0n) is 15.4. The molecule has 0 saturated carbocycles. The third-order valence-corrected chi connectivity index (χ3v) is 4.76. The molecule has 0 atom stereocenters. The molecule has 146 valence electrons. The number of carbonyl (C=O) groups is 1. The first-order valence-electron chi connectivity index (χ1n) is 8.54. The molecule has 6 nitrogen and oxygen atoms in total. The lowest BCUT2D eigenvalue weighted by Crippen LogP contribution is -2.20. The fraction of sp³-hybridized carbons (Fsp3) is 0.200. The smallest absolute Gasteiger partial charge is 0.264 e. The van der Waals surface area contributed by atoms with Crippen molar-refractivity contribution in [3.63, 3.8) is 0 Å². The van der Waals surface area contributed by atoms with Crippen LogP contribution in [0.2, 0.25) is 5.02 Å². The predicted molar refractivity (Wildman–Crippen MR) is 111 cm³/mol. The molecule has 0 bridgehead atoms. The topological polar surface area (TPSA) is 69.7 Å². The molecule has 3 rings (SSSR count). The van der Waals surface area contributed by atoms with Crippen LogP contribution in [0.5, 0.6) is 17.2 Å². The van der Waals surface area contributed by atoms with E-state index in [1.165, 1.54) is 11.3 Å². The SMILES string of the molecule is CCOc1ccccc1OCC(=O)Nc1nc(-c2ccc(OC)c(Cl)c2)cs1. The summed E-state index contributed by atoms with van der Waals surface area (Å²) in [6.07, 6.45) is 0. The van der Waals surface area contributed by atoms with Gasteiger partial charge in [0.05, 0.1) is 24.4 Å².